The zero-order chi connectivity index (χ0) is 31.0. The number of nitrogens with one attached hydrogen (secondary N) is 3. The van der Waals surface area contributed by atoms with Gasteiger partial charge in [-0.05, 0) is 80.0 Å². The quantitative estimate of drug-likeness (QED) is 0.183. The average molecular weight is 633 g/mol. The number of methoxy groups -OCH3 is 1. The molecule has 0 radical (unpaired) electrons. The number of likely N-dealkylation sites (tertiary alicyclic amines) is 1. The minimum Gasteiger partial charge on any atom is -0.497 e. The highest BCUT2D eigenvalue weighted by atomic mass is 35.5. The first kappa shape index (κ1) is 31.1. The minimum atomic E-state index is -0.116. The molecule has 2 aliphatic rings. The average Bonchev–Trinajstić information content (AvgIpc) is 3.52. The van der Waals surface area contributed by atoms with Crippen LogP contribution < -0.4 is 20.1 Å². The van der Waals surface area contributed by atoms with Crippen LogP contribution in [0, 0.1) is 5.92 Å². The summed E-state index contributed by atoms with van der Waals surface area (Å²) in [5, 5.41) is 7.17. The number of benzene rings is 2. The molecule has 10 nitrogen and oxygen atoms in total. The van der Waals surface area contributed by atoms with E-state index in [1.54, 1.807) is 13.3 Å². The number of carbonyl (C=O) groups excluding carboxylic acids is 1. The second-order valence-corrected chi connectivity index (χ2v) is 12.2. The van der Waals surface area contributed by atoms with Crippen molar-refractivity contribution in [2.24, 2.45) is 5.92 Å². The summed E-state index contributed by atoms with van der Waals surface area (Å²) in [6.07, 6.45) is 6.78. The van der Waals surface area contributed by atoms with E-state index in [0.717, 1.165) is 87.5 Å². The number of H-pyrrole nitrogens is 1. The van der Waals surface area contributed by atoms with E-state index in [0.29, 0.717) is 34.7 Å². The minimum absolute atomic E-state index is 0.0182. The number of aromatic nitrogens is 3. The maximum atomic E-state index is 12.3. The van der Waals surface area contributed by atoms with Gasteiger partial charge in [-0.2, -0.15) is 0 Å². The highest BCUT2D eigenvalue weighted by Gasteiger charge is 2.22. The molecule has 0 aliphatic carbocycles. The van der Waals surface area contributed by atoms with E-state index in [1.807, 2.05) is 36.4 Å². The Labute approximate surface area is 268 Å². The number of hydrogen-bond acceptors (Lipinski definition) is 8. The number of imidazole rings is 1. The number of pyridine rings is 1. The predicted molar refractivity (Wildman–Crippen MR) is 176 cm³/mol. The summed E-state index contributed by atoms with van der Waals surface area (Å²) in [7, 11) is 1.69. The lowest BCUT2D eigenvalue weighted by Gasteiger charge is -2.33. The number of anilines is 1. The second-order valence-electron chi connectivity index (χ2n) is 11.8. The number of halogens is 1. The van der Waals surface area contributed by atoms with Crippen LogP contribution in [0.15, 0.2) is 54.7 Å². The summed E-state index contributed by atoms with van der Waals surface area (Å²) in [4.78, 5) is 27.4. The molecule has 4 aromatic rings. The molecule has 0 saturated carbocycles. The number of carbonyl (C=O) groups is 1. The molecule has 2 aromatic heterocycles. The van der Waals surface area contributed by atoms with Gasteiger partial charge < -0.3 is 29.8 Å². The second kappa shape index (κ2) is 14.9. The Morgan fingerprint density at radius 3 is 2.51 bits per heavy atom. The summed E-state index contributed by atoms with van der Waals surface area (Å²) < 4.78 is 16.4. The van der Waals surface area contributed by atoms with Gasteiger partial charge in [0.15, 0.2) is 12.3 Å². The van der Waals surface area contributed by atoms with Gasteiger partial charge in [0.1, 0.15) is 22.8 Å². The van der Waals surface area contributed by atoms with Gasteiger partial charge in [-0.15, -0.1) is 0 Å². The van der Waals surface area contributed by atoms with Crippen molar-refractivity contribution in [2.75, 3.05) is 51.9 Å². The van der Waals surface area contributed by atoms with E-state index in [2.05, 4.69) is 37.6 Å². The molecule has 11 heteroatoms. The van der Waals surface area contributed by atoms with Crippen molar-refractivity contribution in [2.45, 2.75) is 44.7 Å². The molecule has 238 valence electrons. The van der Waals surface area contributed by atoms with Crippen LogP contribution in [0.1, 0.15) is 37.7 Å². The number of rotatable bonds is 12. The van der Waals surface area contributed by atoms with E-state index in [9.17, 15) is 4.79 Å². The first-order chi connectivity index (χ1) is 22.0. The first-order valence-corrected chi connectivity index (χ1v) is 16.2. The lowest BCUT2D eigenvalue weighted by molar-refractivity contribution is -0.123. The third kappa shape index (κ3) is 8.25. The predicted octanol–water partition coefficient (Wildman–Crippen LogP) is 5.68. The summed E-state index contributed by atoms with van der Waals surface area (Å²) in [6.45, 7) is 5.20. The van der Waals surface area contributed by atoms with Gasteiger partial charge in [-0.3, -0.25) is 9.69 Å². The van der Waals surface area contributed by atoms with Gasteiger partial charge in [0.2, 0.25) is 0 Å². The van der Waals surface area contributed by atoms with Crippen molar-refractivity contribution >= 4 is 34.4 Å². The van der Waals surface area contributed by atoms with Gasteiger partial charge in [0.05, 0.1) is 24.0 Å². The van der Waals surface area contributed by atoms with E-state index in [-0.39, 0.29) is 18.6 Å². The van der Waals surface area contributed by atoms with E-state index < -0.39 is 0 Å². The van der Waals surface area contributed by atoms with Crippen LogP contribution in [0.3, 0.4) is 0 Å². The molecule has 3 N–H and O–H groups in total. The summed E-state index contributed by atoms with van der Waals surface area (Å²) in [5.41, 5.74) is 4.37. The Bertz CT molecular complexity index is 1550. The third-order valence-corrected chi connectivity index (χ3v) is 8.97. The SMILES string of the molecule is COc1ccc(CN2CCC(Nc3c(Cl)cnc4[nH]c(-c5ccc(OCC(=O)NCCC6CCOCC6)cc5)nc34)CC2)cc1. The zero-order valence-corrected chi connectivity index (χ0v) is 26.4. The number of ether oxygens (including phenoxy) is 3. The van der Waals surface area contributed by atoms with Crippen molar-refractivity contribution in [1.29, 1.82) is 0 Å². The largest absolute Gasteiger partial charge is 0.497 e. The molecular formula is C34H41ClN6O4. The normalized spacial score (nSPS) is 16.5. The van der Waals surface area contributed by atoms with E-state index >= 15 is 0 Å². The number of aromatic amines is 1. The van der Waals surface area contributed by atoms with E-state index in [1.165, 1.54) is 5.56 Å². The first-order valence-electron chi connectivity index (χ1n) is 15.8. The van der Waals surface area contributed by atoms with Crippen molar-refractivity contribution in [3.05, 3.63) is 65.3 Å². The van der Waals surface area contributed by atoms with E-state index in [4.69, 9.17) is 30.8 Å². The van der Waals surface area contributed by atoms with Crippen LogP contribution in [0.25, 0.3) is 22.6 Å². The Balaban J connectivity index is 1.01. The lowest BCUT2D eigenvalue weighted by atomic mass is 9.97. The lowest BCUT2D eigenvalue weighted by Crippen LogP contribution is -2.38. The summed E-state index contributed by atoms with van der Waals surface area (Å²) >= 11 is 6.64. The molecule has 0 unspecified atom stereocenters. The van der Waals surface area contributed by atoms with Gasteiger partial charge in [0, 0.05) is 51.0 Å². The molecule has 2 aromatic carbocycles. The molecule has 0 spiro atoms. The number of fused-ring (bicyclic) bond motifs is 1. The zero-order valence-electron chi connectivity index (χ0n) is 25.7. The fourth-order valence-electron chi connectivity index (χ4n) is 5.99. The molecule has 2 saturated heterocycles. The Hall–Kier alpha value is -3.86. The molecule has 45 heavy (non-hydrogen) atoms. The number of hydrogen-bond donors (Lipinski definition) is 3. The van der Waals surface area contributed by atoms with Crippen LogP contribution >= 0.6 is 11.6 Å². The fraction of sp³-hybridized carbons (Fsp3) is 0.441. The van der Waals surface area contributed by atoms with Gasteiger partial charge >= 0.3 is 0 Å². The van der Waals surface area contributed by atoms with Gasteiger partial charge in [0.25, 0.3) is 5.91 Å². The van der Waals surface area contributed by atoms with Crippen molar-refractivity contribution in [3.8, 4) is 22.9 Å². The van der Waals surface area contributed by atoms with Crippen LogP contribution in [0.4, 0.5) is 5.69 Å². The van der Waals surface area contributed by atoms with Crippen LogP contribution in [-0.4, -0.2) is 78.4 Å². The molecule has 2 aliphatic heterocycles. The topological polar surface area (TPSA) is 114 Å². The van der Waals surface area contributed by atoms with Crippen molar-refractivity contribution < 1.29 is 19.0 Å². The van der Waals surface area contributed by atoms with Crippen molar-refractivity contribution in [3.63, 3.8) is 0 Å². The Morgan fingerprint density at radius 2 is 1.78 bits per heavy atom. The van der Waals surface area contributed by atoms with Crippen LogP contribution in [-0.2, 0) is 16.1 Å². The summed E-state index contributed by atoms with van der Waals surface area (Å²) in [6, 6.07) is 16.1. The number of piperidine rings is 1. The van der Waals surface area contributed by atoms with Crippen molar-refractivity contribution in [1.82, 2.24) is 25.2 Å². The Morgan fingerprint density at radius 1 is 1.04 bits per heavy atom. The maximum absolute atomic E-state index is 12.3. The van der Waals surface area contributed by atoms with Crippen LogP contribution in [0.5, 0.6) is 11.5 Å². The number of nitrogens with zero attached hydrogens (tertiary/aromatic N) is 3. The number of amides is 1. The molecule has 0 atom stereocenters. The summed E-state index contributed by atoms with van der Waals surface area (Å²) in [5.74, 6) is 2.70. The molecule has 6 rings (SSSR count). The molecule has 0 bridgehead atoms. The highest BCUT2D eigenvalue weighted by Crippen LogP contribution is 2.32. The van der Waals surface area contributed by atoms with Gasteiger partial charge in [-0.25, -0.2) is 9.97 Å². The fourth-order valence-corrected chi connectivity index (χ4v) is 6.19. The van der Waals surface area contributed by atoms with Crippen LogP contribution in [0.2, 0.25) is 5.02 Å². The monoisotopic (exact) mass is 632 g/mol. The third-order valence-electron chi connectivity index (χ3n) is 8.68. The van der Waals surface area contributed by atoms with Gasteiger partial charge in [-0.1, -0.05) is 23.7 Å². The molecular weight excluding hydrogens is 592 g/mol. The maximum Gasteiger partial charge on any atom is 0.257 e. The highest BCUT2D eigenvalue weighted by molar-refractivity contribution is 6.34. The smallest absolute Gasteiger partial charge is 0.257 e. The Kier molecular flexibility index (Phi) is 10.3. The standard InChI is InChI=1S/C34H41ClN6O4/c1-43-27-6-2-24(3-7-27)21-41-16-11-26(12-17-41)38-31-29(35)20-37-34-32(31)39-33(40-34)25-4-8-28(9-5-25)45-22-30(42)36-15-10-23-13-18-44-19-14-23/h2-9,20,23,26H,10-19,21-22H2,1H3,(H,36,42)(H2,37,38,39,40). The molecule has 1 amide bonds. The molecule has 4 heterocycles. The molecule has 2 fully saturated rings.